The fraction of sp³-hybridized carbons (Fsp3) is 0.444. The first-order valence-electron chi connectivity index (χ1n) is 3.98. The van der Waals surface area contributed by atoms with Gasteiger partial charge < -0.3 is 0 Å². The van der Waals surface area contributed by atoms with Crippen LogP contribution < -0.4 is 0 Å². The van der Waals surface area contributed by atoms with Gasteiger partial charge in [0.1, 0.15) is 5.69 Å². The molecule has 0 N–H and O–H groups in total. The number of carbonyl (C=O) groups is 1. The van der Waals surface area contributed by atoms with Gasteiger partial charge in [-0.2, -0.15) is 0 Å². The molecule has 1 aromatic rings. The van der Waals surface area contributed by atoms with E-state index >= 15 is 0 Å². The van der Waals surface area contributed by atoms with Crippen molar-refractivity contribution >= 4 is 16.9 Å². The number of hydrogen-bond donors (Lipinski definition) is 0. The zero-order valence-corrected chi connectivity index (χ0v) is 8.76. The van der Waals surface area contributed by atoms with Crippen LogP contribution in [0.5, 0.6) is 0 Å². The standard InChI is InChI=1S/C9H12N2OS/c1-9(2,3)13-8(12)7-6-10-4-5-11-7/h4-6H,1-3H3. The number of thioether (sulfide) groups is 1. The van der Waals surface area contributed by atoms with E-state index in [2.05, 4.69) is 9.97 Å². The van der Waals surface area contributed by atoms with Gasteiger partial charge in [-0.1, -0.05) is 32.5 Å². The Bertz CT molecular complexity index is 292. The molecule has 0 amide bonds. The van der Waals surface area contributed by atoms with Crippen molar-refractivity contribution in [1.82, 2.24) is 9.97 Å². The lowest BCUT2D eigenvalue weighted by Gasteiger charge is -2.15. The molecule has 1 heterocycles. The summed E-state index contributed by atoms with van der Waals surface area (Å²) < 4.78 is -0.0748. The number of hydrogen-bond acceptors (Lipinski definition) is 4. The highest BCUT2D eigenvalue weighted by molar-refractivity contribution is 8.15. The molecular weight excluding hydrogens is 184 g/mol. The van der Waals surface area contributed by atoms with E-state index in [9.17, 15) is 4.79 Å². The Morgan fingerprint density at radius 2 is 2.08 bits per heavy atom. The van der Waals surface area contributed by atoms with Crippen molar-refractivity contribution in [3.8, 4) is 0 Å². The molecule has 0 radical (unpaired) electrons. The van der Waals surface area contributed by atoms with Gasteiger partial charge in [0.2, 0.25) is 5.12 Å². The van der Waals surface area contributed by atoms with E-state index in [0.717, 1.165) is 0 Å². The summed E-state index contributed by atoms with van der Waals surface area (Å²) >= 11 is 1.27. The smallest absolute Gasteiger partial charge is 0.239 e. The van der Waals surface area contributed by atoms with Gasteiger partial charge in [0.05, 0.1) is 6.20 Å². The Labute approximate surface area is 82.0 Å². The second-order valence-electron chi connectivity index (χ2n) is 3.59. The summed E-state index contributed by atoms with van der Waals surface area (Å²) in [6.07, 6.45) is 4.57. The van der Waals surface area contributed by atoms with Crippen LogP contribution in [0, 0.1) is 0 Å². The second-order valence-corrected chi connectivity index (χ2v) is 5.39. The van der Waals surface area contributed by atoms with Crippen LogP contribution in [-0.4, -0.2) is 19.8 Å². The van der Waals surface area contributed by atoms with Gasteiger partial charge in [0.15, 0.2) is 0 Å². The van der Waals surface area contributed by atoms with Gasteiger partial charge in [-0.3, -0.25) is 9.78 Å². The number of nitrogens with zero attached hydrogens (tertiary/aromatic N) is 2. The summed E-state index contributed by atoms with van der Waals surface area (Å²) in [5, 5.41) is -0.0272. The average molecular weight is 196 g/mol. The first kappa shape index (κ1) is 10.2. The molecule has 0 spiro atoms. The van der Waals surface area contributed by atoms with Crippen molar-refractivity contribution in [2.24, 2.45) is 0 Å². The van der Waals surface area contributed by atoms with Crippen molar-refractivity contribution in [3.05, 3.63) is 24.3 Å². The Morgan fingerprint density at radius 1 is 1.38 bits per heavy atom. The molecule has 0 unspecified atom stereocenters. The monoisotopic (exact) mass is 196 g/mol. The molecule has 70 valence electrons. The first-order valence-corrected chi connectivity index (χ1v) is 4.80. The third kappa shape index (κ3) is 3.55. The maximum atomic E-state index is 11.5. The zero-order valence-electron chi connectivity index (χ0n) is 7.94. The van der Waals surface area contributed by atoms with Crippen LogP contribution in [0.2, 0.25) is 0 Å². The van der Waals surface area contributed by atoms with Gasteiger partial charge >= 0.3 is 0 Å². The van der Waals surface area contributed by atoms with E-state index in [0.29, 0.717) is 5.69 Å². The van der Waals surface area contributed by atoms with Crippen LogP contribution in [0.4, 0.5) is 0 Å². The normalized spacial score (nSPS) is 11.3. The average Bonchev–Trinajstić information content (AvgIpc) is 2.03. The van der Waals surface area contributed by atoms with E-state index in [1.807, 2.05) is 20.8 Å². The van der Waals surface area contributed by atoms with Crippen LogP contribution >= 0.6 is 11.8 Å². The fourth-order valence-electron chi connectivity index (χ4n) is 0.735. The lowest BCUT2D eigenvalue weighted by atomic mass is 10.3. The molecule has 0 saturated heterocycles. The largest absolute Gasteiger partial charge is 0.280 e. The highest BCUT2D eigenvalue weighted by Gasteiger charge is 2.18. The van der Waals surface area contributed by atoms with Crippen molar-refractivity contribution in [2.45, 2.75) is 25.5 Å². The minimum Gasteiger partial charge on any atom is -0.280 e. The molecule has 0 atom stereocenters. The summed E-state index contributed by atoms with van der Waals surface area (Å²) in [7, 11) is 0. The molecule has 0 saturated carbocycles. The summed E-state index contributed by atoms with van der Waals surface area (Å²) in [6, 6.07) is 0. The quantitative estimate of drug-likeness (QED) is 0.690. The third-order valence-electron chi connectivity index (χ3n) is 1.17. The predicted molar refractivity (Wildman–Crippen MR) is 53.7 cm³/mol. The SMILES string of the molecule is CC(C)(C)SC(=O)c1cnccn1. The maximum absolute atomic E-state index is 11.5. The van der Waals surface area contributed by atoms with Crippen LogP contribution in [-0.2, 0) is 0 Å². The van der Waals surface area contributed by atoms with E-state index in [-0.39, 0.29) is 9.86 Å². The Morgan fingerprint density at radius 3 is 2.54 bits per heavy atom. The maximum Gasteiger partial charge on any atom is 0.239 e. The highest BCUT2D eigenvalue weighted by Crippen LogP contribution is 2.25. The topological polar surface area (TPSA) is 42.9 Å². The van der Waals surface area contributed by atoms with Gasteiger partial charge in [-0.15, -0.1) is 0 Å². The second kappa shape index (κ2) is 3.87. The minimum absolute atomic E-state index is 0.0272. The summed E-state index contributed by atoms with van der Waals surface area (Å²) in [6.45, 7) is 5.98. The predicted octanol–water partition coefficient (Wildman–Crippen LogP) is 2.15. The molecule has 0 aliphatic rings. The Kier molecular flexibility index (Phi) is 3.03. The lowest BCUT2D eigenvalue weighted by molar-refractivity contribution is 0.108. The minimum atomic E-state index is -0.0748. The molecule has 0 aliphatic carbocycles. The molecule has 0 bridgehead atoms. The van der Waals surface area contributed by atoms with Crippen LogP contribution in [0.3, 0.4) is 0 Å². The zero-order chi connectivity index (χ0) is 9.90. The molecular formula is C9H12N2OS. The molecule has 1 rings (SSSR count). The molecule has 4 heteroatoms. The Balaban J connectivity index is 2.71. The van der Waals surface area contributed by atoms with Gasteiger partial charge in [0.25, 0.3) is 0 Å². The van der Waals surface area contributed by atoms with Crippen molar-refractivity contribution in [3.63, 3.8) is 0 Å². The molecule has 13 heavy (non-hydrogen) atoms. The Hall–Kier alpha value is -0.900. The van der Waals surface area contributed by atoms with Crippen molar-refractivity contribution in [2.75, 3.05) is 0 Å². The van der Waals surface area contributed by atoms with Crippen molar-refractivity contribution in [1.29, 1.82) is 0 Å². The van der Waals surface area contributed by atoms with E-state index in [4.69, 9.17) is 0 Å². The third-order valence-corrected chi connectivity index (χ3v) is 2.18. The van der Waals surface area contributed by atoms with Gasteiger partial charge in [0, 0.05) is 17.1 Å². The van der Waals surface area contributed by atoms with Crippen LogP contribution in [0.1, 0.15) is 31.3 Å². The number of carbonyl (C=O) groups excluding carboxylic acids is 1. The van der Waals surface area contributed by atoms with Gasteiger partial charge in [-0.05, 0) is 0 Å². The lowest BCUT2D eigenvalue weighted by Crippen LogP contribution is -2.12. The van der Waals surface area contributed by atoms with Gasteiger partial charge in [-0.25, -0.2) is 4.98 Å². The number of aromatic nitrogens is 2. The van der Waals surface area contributed by atoms with E-state index < -0.39 is 0 Å². The van der Waals surface area contributed by atoms with Crippen molar-refractivity contribution < 1.29 is 4.79 Å². The highest BCUT2D eigenvalue weighted by atomic mass is 32.2. The summed E-state index contributed by atoms with van der Waals surface area (Å²) in [5.41, 5.74) is 0.419. The van der Waals surface area contributed by atoms with E-state index in [1.165, 1.54) is 24.2 Å². The molecule has 0 aromatic carbocycles. The first-order chi connectivity index (χ1) is 5.99. The molecule has 3 nitrogen and oxygen atoms in total. The molecule has 1 aromatic heterocycles. The fourth-order valence-corrected chi connectivity index (χ4v) is 1.50. The summed E-state index contributed by atoms with van der Waals surface area (Å²) in [4.78, 5) is 19.3. The molecule has 0 fully saturated rings. The van der Waals surface area contributed by atoms with Crippen LogP contribution in [0.15, 0.2) is 18.6 Å². The van der Waals surface area contributed by atoms with E-state index in [1.54, 1.807) is 6.20 Å². The number of rotatable bonds is 1. The summed E-state index contributed by atoms with van der Waals surface area (Å²) in [5.74, 6) is 0. The van der Waals surface area contributed by atoms with Crippen LogP contribution in [0.25, 0.3) is 0 Å². The molecule has 0 aliphatic heterocycles.